The highest BCUT2D eigenvalue weighted by atomic mass is 16.2. The molecule has 0 atom stereocenters. The molecule has 4 rings (SSSR count). The van der Waals surface area contributed by atoms with E-state index < -0.39 is 5.91 Å². The van der Waals surface area contributed by atoms with Crippen LogP contribution >= 0.6 is 0 Å². The van der Waals surface area contributed by atoms with Crippen LogP contribution < -0.4 is 16.0 Å². The second-order valence-corrected chi connectivity index (χ2v) is 7.42. The number of rotatable bonds is 4. The summed E-state index contributed by atoms with van der Waals surface area (Å²) < 4.78 is 0. The van der Waals surface area contributed by atoms with E-state index in [1.807, 2.05) is 9.80 Å². The molecule has 1 saturated heterocycles. The maximum atomic E-state index is 12.6. The average molecular weight is 399 g/mol. The minimum atomic E-state index is -0.453. The van der Waals surface area contributed by atoms with Crippen LogP contribution in [0.25, 0.3) is 0 Å². The normalized spacial score (nSPS) is 17.4. The van der Waals surface area contributed by atoms with Crippen molar-refractivity contribution in [2.24, 2.45) is 5.92 Å². The van der Waals surface area contributed by atoms with Gasteiger partial charge in [-0.05, 0) is 25.0 Å². The Balaban J connectivity index is 0.00000171. The third-order valence-electron chi connectivity index (χ3n) is 5.53. The van der Waals surface area contributed by atoms with Crippen molar-refractivity contribution < 1.29 is 12.4 Å². The molecule has 2 amide bonds. The van der Waals surface area contributed by atoms with Crippen molar-refractivity contribution in [1.29, 1.82) is 0 Å². The minimum absolute atomic E-state index is 0. The molecule has 1 aliphatic heterocycles. The van der Waals surface area contributed by atoms with E-state index in [0.717, 1.165) is 25.7 Å². The molecule has 3 heterocycles. The van der Waals surface area contributed by atoms with Crippen LogP contribution in [0.1, 0.15) is 39.0 Å². The van der Waals surface area contributed by atoms with Crippen molar-refractivity contribution in [2.75, 3.05) is 42.1 Å². The molecular weight excluding hydrogens is 370 g/mol. The number of hydrogen-bond donors (Lipinski definition) is 2. The van der Waals surface area contributed by atoms with Crippen LogP contribution in [0.4, 0.5) is 17.5 Å². The fourth-order valence-electron chi connectivity index (χ4n) is 3.91. The summed E-state index contributed by atoms with van der Waals surface area (Å²) in [4.78, 5) is 41.8. The standard InChI is InChI=1S/C20H25N7O2.2H2/c21-18-17(19(28)24-15-7-3-4-8-22-15)25-16(13-23-18)26-9-11-27(12-10-26)20(29)14-5-1-2-6-14;;/h3-4,7-8,13-14H,1-2,5-6,9-12H2,(H2,21,23)(H,22,24,28);2*1H. The van der Waals surface area contributed by atoms with Crippen LogP contribution in [-0.4, -0.2) is 57.8 Å². The molecule has 2 aromatic rings. The van der Waals surface area contributed by atoms with Gasteiger partial charge in [0.2, 0.25) is 5.91 Å². The van der Waals surface area contributed by atoms with Gasteiger partial charge < -0.3 is 20.9 Å². The van der Waals surface area contributed by atoms with Crippen molar-refractivity contribution in [3.8, 4) is 0 Å². The predicted octanol–water partition coefficient (Wildman–Crippen LogP) is 2.04. The van der Waals surface area contributed by atoms with Gasteiger partial charge in [-0.1, -0.05) is 18.9 Å². The molecule has 1 aliphatic carbocycles. The smallest absolute Gasteiger partial charge is 0.279 e. The molecule has 9 nitrogen and oxygen atoms in total. The number of nitrogen functional groups attached to an aromatic ring is 1. The van der Waals surface area contributed by atoms with Gasteiger partial charge in [0.25, 0.3) is 5.91 Å². The fourth-order valence-corrected chi connectivity index (χ4v) is 3.91. The van der Waals surface area contributed by atoms with Crippen LogP contribution in [0.3, 0.4) is 0 Å². The van der Waals surface area contributed by atoms with Gasteiger partial charge in [-0.2, -0.15) is 0 Å². The highest BCUT2D eigenvalue weighted by molar-refractivity contribution is 6.05. The van der Waals surface area contributed by atoms with Crippen LogP contribution in [-0.2, 0) is 4.79 Å². The van der Waals surface area contributed by atoms with Gasteiger partial charge >= 0.3 is 0 Å². The van der Waals surface area contributed by atoms with E-state index in [4.69, 9.17) is 5.73 Å². The van der Waals surface area contributed by atoms with Gasteiger partial charge in [-0.25, -0.2) is 15.0 Å². The summed E-state index contributed by atoms with van der Waals surface area (Å²) >= 11 is 0. The van der Waals surface area contributed by atoms with Gasteiger partial charge in [0.1, 0.15) is 11.6 Å². The van der Waals surface area contributed by atoms with Gasteiger partial charge in [0.15, 0.2) is 11.5 Å². The lowest BCUT2D eigenvalue weighted by molar-refractivity contribution is -0.135. The summed E-state index contributed by atoms with van der Waals surface area (Å²) in [5, 5.41) is 2.68. The molecule has 29 heavy (non-hydrogen) atoms. The molecule has 0 spiro atoms. The number of nitrogens with two attached hydrogens (primary N) is 1. The molecular formula is C20H29N7O2. The number of amides is 2. The Morgan fingerprint density at radius 3 is 2.55 bits per heavy atom. The molecule has 0 radical (unpaired) electrons. The molecule has 1 saturated carbocycles. The lowest BCUT2D eigenvalue weighted by Gasteiger charge is -2.36. The van der Waals surface area contributed by atoms with Crippen molar-refractivity contribution in [3.63, 3.8) is 0 Å². The molecule has 2 aromatic heterocycles. The lowest BCUT2D eigenvalue weighted by Crippen LogP contribution is -2.50. The summed E-state index contributed by atoms with van der Waals surface area (Å²) in [6.07, 6.45) is 7.49. The maximum absolute atomic E-state index is 12.6. The van der Waals surface area contributed by atoms with E-state index in [2.05, 4.69) is 20.3 Å². The Hall–Kier alpha value is -3.23. The van der Waals surface area contributed by atoms with Gasteiger partial charge in [-0.3, -0.25) is 9.59 Å². The topological polar surface area (TPSA) is 117 Å². The molecule has 156 valence electrons. The quantitative estimate of drug-likeness (QED) is 0.808. The Bertz CT molecular complexity index is 886. The summed E-state index contributed by atoms with van der Waals surface area (Å²) in [6, 6.07) is 5.23. The van der Waals surface area contributed by atoms with E-state index in [1.165, 1.54) is 0 Å². The Morgan fingerprint density at radius 2 is 1.86 bits per heavy atom. The van der Waals surface area contributed by atoms with Crippen LogP contribution in [0.5, 0.6) is 0 Å². The van der Waals surface area contributed by atoms with E-state index in [0.29, 0.717) is 37.8 Å². The Labute approximate surface area is 172 Å². The molecule has 2 fully saturated rings. The first kappa shape index (κ1) is 19.1. The number of aromatic nitrogens is 3. The fraction of sp³-hybridized carbons (Fsp3) is 0.450. The second kappa shape index (κ2) is 8.42. The van der Waals surface area contributed by atoms with Gasteiger partial charge in [0.05, 0.1) is 6.20 Å². The van der Waals surface area contributed by atoms with Crippen LogP contribution in [0.15, 0.2) is 30.6 Å². The average Bonchev–Trinajstić information content (AvgIpc) is 3.29. The number of piperazine rings is 1. The predicted molar refractivity (Wildman–Crippen MR) is 114 cm³/mol. The number of hydrogen-bond acceptors (Lipinski definition) is 7. The number of anilines is 3. The Morgan fingerprint density at radius 1 is 1.10 bits per heavy atom. The number of carbonyl (C=O) groups is 2. The number of pyridine rings is 1. The zero-order chi connectivity index (χ0) is 20.2. The highest BCUT2D eigenvalue weighted by Gasteiger charge is 2.30. The molecule has 0 aromatic carbocycles. The summed E-state index contributed by atoms with van der Waals surface area (Å²) in [7, 11) is 0. The zero-order valence-corrected chi connectivity index (χ0v) is 16.3. The maximum Gasteiger partial charge on any atom is 0.279 e. The minimum Gasteiger partial charge on any atom is -0.382 e. The van der Waals surface area contributed by atoms with E-state index in [1.54, 1.807) is 30.6 Å². The first-order valence-electron chi connectivity index (χ1n) is 10.0. The van der Waals surface area contributed by atoms with Crippen molar-refractivity contribution in [3.05, 3.63) is 36.3 Å². The van der Waals surface area contributed by atoms with Gasteiger partial charge in [0, 0.05) is 41.1 Å². The number of nitrogens with zero attached hydrogens (tertiary/aromatic N) is 5. The monoisotopic (exact) mass is 399 g/mol. The number of nitrogens with one attached hydrogen (secondary N) is 1. The summed E-state index contributed by atoms with van der Waals surface area (Å²) in [5.41, 5.74) is 5.95. The summed E-state index contributed by atoms with van der Waals surface area (Å²) in [6.45, 7) is 2.60. The second-order valence-electron chi connectivity index (χ2n) is 7.42. The molecule has 9 heteroatoms. The molecule has 0 unspecified atom stereocenters. The largest absolute Gasteiger partial charge is 0.382 e. The van der Waals surface area contributed by atoms with Crippen LogP contribution in [0.2, 0.25) is 0 Å². The zero-order valence-electron chi connectivity index (χ0n) is 16.3. The van der Waals surface area contributed by atoms with Crippen molar-refractivity contribution in [1.82, 2.24) is 19.9 Å². The van der Waals surface area contributed by atoms with Crippen LogP contribution in [0, 0.1) is 5.92 Å². The first-order chi connectivity index (χ1) is 14.1. The van der Waals surface area contributed by atoms with Crippen molar-refractivity contribution >= 4 is 29.3 Å². The number of carbonyl (C=O) groups excluding carboxylic acids is 2. The highest BCUT2D eigenvalue weighted by Crippen LogP contribution is 2.27. The first-order valence-corrected chi connectivity index (χ1v) is 10.0. The van der Waals surface area contributed by atoms with Crippen molar-refractivity contribution in [2.45, 2.75) is 25.7 Å². The molecule has 3 N–H and O–H groups in total. The molecule has 2 aliphatic rings. The third-order valence-corrected chi connectivity index (χ3v) is 5.53. The van der Waals surface area contributed by atoms with E-state index in [9.17, 15) is 9.59 Å². The lowest BCUT2D eigenvalue weighted by atomic mass is 10.1. The third kappa shape index (κ3) is 4.28. The van der Waals surface area contributed by atoms with Gasteiger partial charge in [-0.15, -0.1) is 0 Å². The molecule has 0 bridgehead atoms. The van der Waals surface area contributed by atoms with E-state index >= 15 is 0 Å². The SMILES string of the molecule is Nc1ncc(N2CCN(C(=O)C3CCCC3)CC2)nc1C(=O)Nc1ccccn1.[HH].[HH]. The van der Waals surface area contributed by atoms with E-state index in [-0.39, 0.29) is 26.2 Å². The summed E-state index contributed by atoms with van der Waals surface area (Å²) in [5.74, 6) is 1.09. The Kier molecular flexibility index (Phi) is 5.55.